The van der Waals surface area contributed by atoms with Gasteiger partial charge in [-0.2, -0.15) is 0 Å². The molecule has 1 atom stereocenters. The van der Waals surface area contributed by atoms with Crippen LogP contribution in [0.5, 0.6) is 0 Å². The SMILES string of the molecule is COC(=O)[C@H]1CCCN(C(=O)c2cn3ccccc3n2)C1. The minimum atomic E-state index is -0.248. The summed E-state index contributed by atoms with van der Waals surface area (Å²) in [6.45, 7) is 1.06. The van der Waals surface area contributed by atoms with Crippen LogP contribution in [-0.2, 0) is 9.53 Å². The molecule has 2 aromatic heterocycles. The molecular weight excluding hydrogens is 270 g/mol. The molecule has 1 fully saturated rings. The number of esters is 1. The van der Waals surface area contributed by atoms with Crippen LogP contribution in [0, 0.1) is 5.92 Å². The molecular formula is C15H17N3O3. The van der Waals surface area contributed by atoms with E-state index in [9.17, 15) is 9.59 Å². The lowest BCUT2D eigenvalue weighted by molar-refractivity contribution is -0.146. The second-order valence-electron chi connectivity index (χ2n) is 5.21. The molecule has 0 aliphatic carbocycles. The number of rotatable bonds is 2. The number of likely N-dealkylation sites (tertiary alicyclic amines) is 1. The second-order valence-corrected chi connectivity index (χ2v) is 5.21. The summed E-state index contributed by atoms with van der Waals surface area (Å²) in [6.07, 6.45) is 5.15. The zero-order valence-electron chi connectivity index (χ0n) is 11.9. The molecule has 0 unspecified atom stereocenters. The number of aromatic nitrogens is 2. The lowest BCUT2D eigenvalue weighted by atomic mass is 9.98. The van der Waals surface area contributed by atoms with Crippen LogP contribution in [0.3, 0.4) is 0 Å². The molecule has 1 aliphatic heterocycles. The summed E-state index contributed by atoms with van der Waals surface area (Å²) in [5.74, 6) is -0.612. The van der Waals surface area contributed by atoms with Crippen LogP contribution in [0.15, 0.2) is 30.6 Å². The zero-order valence-corrected chi connectivity index (χ0v) is 11.9. The maximum absolute atomic E-state index is 12.5. The van der Waals surface area contributed by atoms with Crippen LogP contribution in [0.1, 0.15) is 23.3 Å². The van der Waals surface area contributed by atoms with Gasteiger partial charge in [-0.15, -0.1) is 0 Å². The van der Waals surface area contributed by atoms with Crippen LogP contribution < -0.4 is 0 Å². The molecule has 0 bridgehead atoms. The van der Waals surface area contributed by atoms with Crippen molar-refractivity contribution in [3.05, 3.63) is 36.3 Å². The lowest BCUT2D eigenvalue weighted by Crippen LogP contribution is -2.42. The largest absolute Gasteiger partial charge is 0.469 e. The molecule has 0 saturated carbocycles. The van der Waals surface area contributed by atoms with Crippen molar-refractivity contribution in [1.82, 2.24) is 14.3 Å². The number of amides is 1. The first-order valence-corrected chi connectivity index (χ1v) is 7.00. The molecule has 0 radical (unpaired) electrons. The Morgan fingerprint density at radius 1 is 1.38 bits per heavy atom. The number of methoxy groups -OCH3 is 1. The number of imidazole rings is 1. The Morgan fingerprint density at radius 2 is 2.24 bits per heavy atom. The molecule has 2 aromatic rings. The highest BCUT2D eigenvalue weighted by molar-refractivity contribution is 5.93. The Morgan fingerprint density at radius 3 is 3.00 bits per heavy atom. The van der Waals surface area contributed by atoms with E-state index in [1.807, 2.05) is 28.8 Å². The molecule has 1 amide bonds. The van der Waals surface area contributed by atoms with Gasteiger partial charge < -0.3 is 14.0 Å². The number of piperidine rings is 1. The van der Waals surface area contributed by atoms with Gasteiger partial charge in [0.25, 0.3) is 5.91 Å². The number of hydrogen-bond donors (Lipinski definition) is 0. The number of nitrogens with zero attached hydrogens (tertiary/aromatic N) is 3. The first-order valence-electron chi connectivity index (χ1n) is 7.00. The van der Waals surface area contributed by atoms with E-state index >= 15 is 0 Å². The molecule has 1 aliphatic rings. The van der Waals surface area contributed by atoms with Gasteiger partial charge in [-0.3, -0.25) is 9.59 Å². The molecule has 3 heterocycles. The number of carbonyl (C=O) groups is 2. The first kappa shape index (κ1) is 13.6. The van der Waals surface area contributed by atoms with Crippen LogP contribution in [0.2, 0.25) is 0 Å². The average molecular weight is 287 g/mol. The lowest BCUT2D eigenvalue weighted by Gasteiger charge is -2.30. The number of pyridine rings is 1. The summed E-state index contributed by atoms with van der Waals surface area (Å²) in [5, 5.41) is 0. The Kier molecular flexibility index (Phi) is 3.60. The Labute approximate surface area is 122 Å². The summed E-state index contributed by atoms with van der Waals surface area (Å²) < 4.78 is 6.59. The van der Waals surface area contributed by atoms with Crippen molar-refractivity contribution in [3.63, 3.8) is 0 Å². The van der Waals surface area contributed by atoms with Crippen molar-refractivity contribution in [2.45, 2.75) is 12.8 Å². The fraction of sp³-hybridized carbons (Fsp3) is 0.400. The maximum atomic E-state index is 12.5. The van der Waals surface area contributed by atoms with Gasteiger partial charge in [0.1, 0.15) is 11.3 Å². The van der Waals surface area contributed by atoms with Gasteiger partial charge in [-0.1, -0.05) is 6.07 Å². The third-order valence-corrected chi connectivity index (χ3v) is 3.83. The quantitative estimate of drug-likeness (QED) is 0.782. The first-order chi connectivity index (χ1) is 10.2. The summed E-state index contributed by atoms with van der Waals surface area (Å²) in [5.41, 5.74) is 1.15. The molecule has 110 valence electrons. The summed E-state index contributed by atoms with van der Waals surface area (Å²) in [7, 11) is 1.38. The molecule has 0 aromatic carbocycles. The molecule has 6 heteroatoms. The van der Waals surface area contributed by atoms with Crippen molar-refractivity contribution in [2.75, 3.05) is 20.2 Å². The van der Waals surface area contributed by atoms with Gasteiger partial charge in [-0.05, 0) is 25.0 Å². The van der Waals surface area contributed by atoms with E-state index in [-0.39, 0.29) is 17.8 Å². The van der Waals surface area contributed by atoms with Crippen molar-refractivity contribution in [3.8, 4) is 0 Å². The van der Waals surface area contributed by atoms with Gasteiger partial charge >= 0.3 is 5.97 Å². The third kappa shape index (κ3) is 2.61. The second kappa shape index (κ2) is 5.55. The van der Waals surface area contributed by atoms with E-state index in [2.05, 4.69) is 4.98 Å². The Bertz CT molecular complexity index is 647. The van der Waals surface area contributed by atoms with E-state index in [1.54, 1.807) is 11.1 Å². The van der Waals surface area contributed by atoms with Gasteiger partial charge in [0.15, 0.2) is 0 Å². The standard InChI is InChI=1S/C15H17N3O3/c1-21-15(20)11-5-4-8-18(9-11)14(19)12-10-17-7-3-2-6-13(17)16-12/h2-3,6-7,10-11H,4-5,8-9H2,1H3/t11-/m0/s1. The van der Waals surface area contributed by atoms with Crippen LogP contribution in [0.25, 0.3) is 5.65 Å². The maximum Gasteiger partial charge on any atom is 0.310 e. The predicted molar refractivity (Wildman–Crippen MR) is 75.8 cm³/mol. The molecule has 0 N–H and O–H groups in total. The Hall–Kier alpha value is -2.37. The van der Waals surface area contributed by atoms with Crippen LogP contribution >= 0.6 is 0 Å². The van der Waals surface area contributed by atoms with Crippen molar-refractivity contribution in [1.29, 1.82) is 0 Å². The topological polar surface area (TPSA) is 63.9 Å². The number of ether oxygens (including phenoxy) is 1. The van der Waals surface area contributed by atoms with E-state index in [0.29, 0.717) is 18.8 Å². The number of fused-ring (bicyclic) bond motifs is 1. The summed E-state index contributed by atoms with van der Waals surface area (Å²) in [6, 6.07) is 5.62. The molecule has 21 heavy (non-hydrogen) atoms. The fourth-order valence-corrected chi connectivity index (χ4v) is 2.72. The van der Waals surface area contributed by atoms with Gasteiger partial charge in [0, 0.05) is 25.5 Å². The highest BCUT2D eigenvalue weighted by Crippen LogP contribution is 2.19. The summed E-state index contributed by atoms with van der Waals surface area (Å²) in [4.78, 5) is 30.2. The van der Waals surface area contributed by atoms with Crippen molar-refractivity contribution < 1.29 is 14.3 Å². The fourth-order valence-electron chi connectivity index (χ4n) is 2.72. The van der Waals surface area contributed by atoms with E-state index in [4.69, 9.17) is 4.74 Å². The number of carbonyl (C=O) groups excluding carboxylic acids is 2. The van der Waals surface area contributed by atoms with E-state index in [0.717, 1.165) is 18.5 Å². The third-order valence-electron chi connectivity index (χ3n) is 3.83. The molecule has 1 saturated heterocycles. The van der Waals surface area contributed by atoms with E-state index < -0.39 is 0 Å². The van der Waals surface area contributed by atoms with E-state index in [1.165, 1.54) is 7.11 Å². The smallest absolute Gasteiger partial charge is 0.310 e. The average Bonchev–Trinajstić information content (AvgIpc) is 2.97. The van der Waals surface area contributed by atoms with Gasteiger partial charge in [-0.25, -0.2) is 4.98 Å². The molecule has 0 spiro atoms. The van der Waals surface area contributed by atoms with Crippen molar-refractivity contribution >= 4 is 17.5 Å². The van der Waals surface area contributed by atoms with Gasteiger partial charge in [0.2, 0.25) is 0 Å². The highest BCUT2D eigenvalue weighted by atomic mass is 16.5. The minimum Gasteiger partial charge on any atom is -0.469 e. The molecule has 6 nitrogen and oxygen atoms in total. The normalized spacial score (nSPS) is 18.7. The van der Waals surface area contributed by atoms with Crippen LogP contribution in [0.4, 0.5) is 0 Å². The minimum absolute atomic E-state index is 0.132. The molecule has 3 rings (SSSR count). The highest BCUT2D eigenvalue weighted by Gasteiger charge is 2.30. The number of hydrogen-bond acceptors (Lipinski definition) is 4. The predicted octanol–water partition coefficient (Wildman–Crippen LogP) is 1.36. The monoisotopic (exact) mass is 287 g/mol. The summed E-state index contributed by atoms with van der Waals surface area (Å²) >= 11 is 0. The van der Waals surface area contributed by atoms with Crippen LogP contribution in [-0.4, -0.2) is 46.4 Å². The Balaban J connectivity index is 1.79. The van der Waals surface area contributed by atoms with Gasteiger partial charge in [0.05, 0.1) is 13.0 Å². The zero-order chi connectivity index (χ0) is 14.8. The van der Waals surface area contributed by atoms with Crippen molar-refractivity contribution in [2.24, 2.45) is 5.92 Å².